The normalized spacial score (nSPS) is 10.1. The summed E-state index contributed by atoms with van der Waals surface area (Å²) in [5, 5.41) is 3.06. The Bertz CT molecular complexity index is 606. The first-order chi connectivity index (χ1) is 10.2. The summed E-state index contributed by atoms with van der Waals surface area (Å²) in [5.74, 6) is 1.74. The van der Waals surface area contributed by atoms with E-state index in [9.17, 15) is 0 Å². The van der Waals surface area contributed by atoms with Crippen LogP contribution in [0, 0.1) is 0 Å². The summed E-state index contributed by atoms with van der Waals surface area (Å²) in [4.78, 5) is 14.6. The van der Waals surface area contributed by atoms with E-state index >= 15 is 0 Å². The van der Waals surface area contributed by atoms with Gasteiger partial charge in [-0.15, -0.1) is 0 Å². The van der Waals surface area contributed by atoms with Gasteiger partial charge in [-0.25, -0.2) is 0 Å². The van der Waals surface area contributed by atoms with Crippen molar-refractivity contribution in [3.8, 4) is 11.8 Å². The van der Waals surface area contributed by atoms with E-state index in [1.54, 1.807) is 7.11 Å². The van der Waals surface area contributed by atoms with Crippen LogP contribution in [-0.2, 0) is 0 Å². The molecular formula is C14H19N5O2. The summed E-state index contributed by atoms with van der Waals surface area (Å²) in [5.41, 5.74) is 0.907. The smallest absolute Gasteiger partial charge is 0.322 e. The minimum atomic E-state index is 0.269. The maximum atomic E-state index is 5.23. The molecule has 0 fully saturated rings. The summed E-state index contributed by atoms with van der Waals surface area (Å²) in [6.45, 7) is 2.69. The van der Waals surface area contributed by atoms with E-state index in [0.29, 0.717) is 11.9 Å². The molecule has 1 N–H and O–H groups in total. The molecule has 0 amide bonds. The van der Waals surface area contributed by atoms with Gasteiger partial charge < -0.3 is 19.7 Å². The molecule has 0 atom stereocenters. The van der Waals surface area contributed by atoms with E-state index in [-0.39, 0.29) is 6.01 Å². The lowest BCUT2D eigenvalue weighted by Gasteiger charge is -2.18. The fourth-order valence-electron chi connectivity index (χ4n) is 1.76. The van der Waals surface area contributed by atoms with Gasteiger partial charge in [0.15, 0.2) is 0 Å². The lowest BCUT2D eigenvalue weighted by molar-refractivity contribution is 0.379. The first-order valence-electron chi connectivity index (χ1n) is 6.59. The van der Waals surface area contributed by atoms with Crippen LogP contribution in [0.2, 0.25) is 0 Å². The van der Waals surface area contributed by atoms with E-state index < -0.39 is 0 Å². The van der Waals surface area contributed by atoms with Gasteiger partial charge >= 0.3 is 6.01 Å². The Balaban J connectivity index is 2.36. The first-order valence-corrected chi connectivity index (χ1v) is 6.59. The Morgan fingerprint density at radius 3 is 2.62 bits per heavy atom. The van der Waals surface area contributed by atoms with Crippen LogP contribution in [0.5, 0.6) is 11.8 Å². The number of rotatable bonds is 6. The van der Waals surface area contributed by atoms with Crippen molar-refractivity contribution < 1.29 is 9.47 Å². The van der Waals surface area contributed by atoms with Crippen molar-refractivity contribution in [2.75, 3.05) is 38.0 Å². The fourth-order valence-corrected chi connectivity index (χ4v) is 1.76. The highest BCUT2D eigenvalue weighted by molar-refractivity contribution is 5.59. The van der Waals surface area contributed by atoms with E-state index in [1.165, 1.54) is 7.11 Å². The minimum absolute atomic E-state index is 0.269. The third kappa shape index (κ3) is 3.50. The van der Waals surface area contributed by atoms with Crippen LogP contribution in [0.15, 0.2) is 24.3 Å². The molecule has 7 nitrogen and oxygen atoms in total. The zero-order valence-electron chi connectivity index (χ0n) is 12.6. The monoisotopic (exact) mass is 289 g/mol. The van der Waals surface area contributed by atoms with Crippen LogP contribution < -0.4 is 19.7 Å². The highest BCUT2D eigenvalue weighted by Crippen LogP contribution is 2.25. The molecule has 0 aliphatic rings. The summed E-state index contributed by atoms with van der Waals surface area (Å²) < 4.78 is 10.4. The lowest BCUT2D eigenvalue weighted by Crippen LogP contribution is -2.16. The molecule has 0 unspecified atom stereocenters. The van der Waals surface area contributed by atoms with Gasteiger partial charge in [0.25, 0.3) is 0 Å². The van der Waals surface area contributed by atoms with Crippen molar-refractivity contribution in [1.82, 2.24) is 15.0 Å². The Morgan fingerprint density at radius 2 is 1.95 bits per heavy atom. The number of hydrogen-bond donors (Lipinski definition) is 1. The highest BCUT2D eigenvalue weighted by atomic mass is 16.5. The average molecular weight is 289 g/mol. The number of aromatic nitrogens is 3. The van der Waals surface area contributed by atoms with Gasteiger partial charge in [0.2, 0.25) is 11.9 Å². The maximum absolute atomic E-state index is 5.23. The SMILES string of the molecule is CCNc1nc(OC)nc(N(C)c2cccc(OC)c2)n1. The largest absolute Gasteiger partial charge is 0.497 e. The third-order valence-corrected chi connectivity index (χ3v) is 2.86. The highest BCUT2D eigenvalue weighted by Gasteiger charge is 2.12. The first kappa shape index (κ1) is 14.8. The molecule has 0 aliphatic carbocycles. The maximum Gasteiger partial charge on any atom is 0.322 e. The van der Waals surface area contributed by atoms with Crippen LogP contribution in [0.3, 0.4) is 0 Å². The predicted octanol–water partition coefficient (Wildman–Crippen LogP) is 2.09. The van der Waals surface area contributed by atoms with Crippen LogP contribution in [-0.4, -0.2) is 42.8 Å². The quantitative estimate of drug-likeness (QED) is 0.872. The second-order valence-corrected chi connectivity index (χ2v) is 4.24. The summed E-state index contributed by atoms with van der Waals surface area (Å²) >= 11 is 0. The zero-order chi connectivity index (χ0) is 15.2. The van der Waals surface area contributed by atoms with E-state index in [1.807, 2.05) is 43.1 Å². The van der Waals surface area contributed by atoms with Gasteiger partial charge in [-0.3, -0.25) is 0 Å². The molecule has 1 heterocycles. The summed E-state index contributed by atoms with van der Waals surface area (Å²) in [6.07, 6.45) is 0. The van der Waals surface area contributed by atoms with Crippen molar-refractivity contribution in [2.24, 2.45) is 0 Å². The number of anilines is 3. The topological polar surface area (TPSA) is 72.4 Å². The number of ether oxygens (including phenoxy) is 2. The number of nitrogens with zero attached hydrogens (tertiary/aromatic N) is 4. The van der Waals surface area contributed by atoms with Gasteiger partial charge in [-0.05, 0) is 19.1 Å². The molecular weight excluding hydrogens is 270 g/mol. The van der Waals surface area contributed by atoms with Crippen LogP contribution >= 0.6 is 0 Å². The van der Waals surface area contributed by atoms with Crippen molar-refractivity contribution in [2.45, 2.75) is 6.92 Å². The molecule has 0 spiro atoms. The Labute approximate surface area is 124 Å². The second-order valence-electron chi connectivity index (χ2n) is 4.24. The summed E-state index contributed by atoms with van der Waals surface area (Å²) in [6, 6.07) is 7.92. The minimum Gasteiger partial charge on any atom is -0.497 e. The summed E-state index contributed by atoms with van der Waals surface area (Å²) in [7, 11) is 5.04. The molecule has 0 saturated carbocycles. The van der Waals surface area contributed by atoms with Crippen LogP contribution in [0.25, 0.3) is 0 Å². The standard InChI is InChI=1S/C14H19N5O2/c1-5-15-12-16-13(18-14(17-12)21-4)19(2)10-7-6-8-11(9-10)20-3/h6-9H,5H2,1-4H3,(H,15,16,17,18). The van der Waals surface area contributed by atoms with E-state index in [2.05, 4.69) is 20.3 Å². The Morgan fingerprint density at radius 1 is 1.14 bits per heavy atom. The Kier molecular flexibility index (Phi) is 4.76. The molecule has 112 valence electrons. The molecule has 0 bridgehead atoms. The molecule has 1 aromatic carbocycles. The molecule has 21 heavy (non-hydrogen) atoms. The average Bonchev–Trinajstić information content (AvgIpc) is 2.54. The zero-order valence-corrected chi connectivity index (χ0v) is 12.6. The number of benzene rings is 1. The molecule has 2 rings (SSSR count). The predicted molar refractivity (Wildman–Crippen MR) is 81.6 cm³/mol. The van der Waals surface area contributed by atoms with E-state index in [4.69, 9.17) is 9.47 Å². The van der Waals surface area contributed by atoms with Gasteiger partial charge in [-0.2, -0.15) is 15.0 Å². The fraction of sp³-hybridized carbons (Fsp3) is 0.357. The van der Waals surface area contributed by atoms with Gasteiger partial charge in [0, 0.05) is 25.3 Å². The number of hydrogen-bond acceptors (Lipinski definition) is 7. The van der Waals surface area contributed by atoms with Crippen molar-refractivity contribution in [1.29, 1.82) is 0 Å². The van der Waals surface area contributed by atoms with Gasteiger partial charge in [-0.1, -0.05) is 6.07 Å². The van der Waals surface area contributed by atoms with Crippen molar-refractivity contribution in [3.63, 3.8) is 0 Å². The molecule has 7 heteroatoms. The van der Waals surface area contributed by atoms with Crippen LogP contribution in [0.4, 0.5) is 17.6 Å². The van der Waals surface area contributed by atoms with Crippen LogP contribution in [0.1, 0.15) is 6.92 Å². The molecule has 2 aromatic rings. The van der Waals surface area contributed by atoms with Crippen molar-refractivity contribution >= 4 is 17.6 Å². The Hall–Kier alpha value is -2.57. The molecule has 0 aliphatic heterocycles. The molecule has 1 aromatic heterocycles. The lowest BCUT2D eigenvalue weighted by atomic mass is 10.3. The van der Waals surface area contributed by atoms with Crippen molar-refractivity contribution in [3.05, 3.63) is 24.3 Å². The van der Waals surface area contributed by atoms with Gasteiger partial charge in [0.1, 0.15) is 5.75 Å². The number of methoxy groups -OCH3 is 2. The number of nitrogens with one attached hydrogen (secondary N) is 1. The van der Waals surface area contributed by atoms with Gasteiger partial charge in [0.05, 0.1) is 14.2 Å². The molecule has 0 saturated heterocycles. The molecule has 0 radical (unpaired) electrons. The van der Waals surface area contributed by atoms with E-state index in [0.717, 1.165) is 18.0 Å². The third-order valence-electron chi connectivity index (χ3n) is 2.86. The second kappa shape index (κ2) is 6.74.